The first-order chi connectivity index (χ1) is 9.72. The summed E-state index contributed by atoms with van der Waals surface area (Å²) in [6, 6.07) is 18.5. The van der Waals surface area contributed by atoms with Gasteiger partial charge in [-0.05, 0) is 31.2 Å². The zero-order valence-electron chi connectivity index (χ0n) is 12.0. The maximum atomic E-state index is 9.90. The van der Waals surface area contributed by atoms with Crippen molar-refractivity contribution in [2.24, 2.45) is 0 Å². The van der Waals surface area contributed by atoms with Crippen molar-refractivity contribution in [2.45, 2.75) is 17.4 Å². The molecule has 0 spiro atoms. The molecule has 2 nitrogen and oxygen atoms in total. The third-order valence-corrected chi connectivity index (χ3v) is 5.05. The predicted molar refractivity (Wildman–Crippen MR) is 86.2 cm³/mol. The average Bonchev–Trinajstić information content (AvgIpc) is 2.51. The molecule has 0 amide bonds. The van der Waals surface area contributed by atoms with Crippen molar-refractivity contribution >= 4 is 11.8 Å². The van der Waals surface area contributed by atoms with Crippen LogP contribution in [-0.4, -0.2) is 24.5 Å². The number of benzene rings is 2. The average molecular weight is 287 g/mol. The van der Waals surface area contributed by atoms with Crippen molar-refractivity contribution in [1.82, 2.24) is 5.32 Å². The smallest absolute Gasteiger partial charge is 0.0761 e. The quantitative estimate of drug-likeness (QED) is 0.800. The number of hydrogen-bond donors (Lipinski definition) is 2. The van der Waals surface area contributed by atoms with Crippen molar-refractivity contribution in [3.05, 3.63) is 65.7 Å². The Morgan fingerprint density at radius 2 is 1.70 bits per heavy atom. The lowest BCUT2D eigenvalue weighted by atomic mass is 9.93. The highest BCUT2D eigenvalue weighted by Crippen LogP contribution is 2.30. The van der Waals surface area contributed by atoms with E-state index in [1.807, 2.05) is 31.3 Å². The lowest BCUT2D eigenvalue weighted by molar-refractivity contribution is 0.187. The molecule has 0 aliphatic carbocycles. The number of aliphatic hydroxyl groups excluding tert-OH is 1. The molecule has 106 valence electrons. The molecule has 0 aliphatic rings. The molecule has 2 N–H and O–H groups in total. The van der Waals surface area contributed by atoms with Gasteiger partial charge in [-0.3, -0.25) is 0 Å². The van der Waals surface area contributed by atoms with Crippen molar-refractivity contribution in [3.8, 4) is 0 Å². The molecule has 2 aromatic rings. The van der Waals surface area contributed by atoms with Gasteiger partial charge in [0.05, 0.1) is 12.1 Å². The van der Waals surface area contributed by atoms with Gasteiger partial charge < -0.3 is 10.4 Å². The van der Waals surface area contributed by atoms with E-state index in [-0.39, 0.29) is 6.61 Å². The Hall–Kier alpha value is -1.29. The van der Waals surface area contributed by atoms with E-state index in [1.54, 1.807) is 11.8 Å². The summed E-state index contributed by atoms with van der Waals surface area (Å²) in [5.74, 6) is 0.787. The summed E-state index contributed by atoms with van der Waals surface area (Å²) in [5, 5.41) is 13.2. The Morgan fingerprint density at radius 3 is 2.30 bits per heavy atom. The van der Waals surface area contributed by atoms with E-state index >= 15 is 0 Å². The molecule has 0 saturated carbocycles. The molecule has 0 bridgehead atoms. The Bertz CT molecular complexity index is 538. The first kappa shape index (κ1) is 15.1. The van der Waals surface area contributed by atoms with Crippen LogP contribution in [-0.2, 0) is 5.54 Å². The minimum absolute atomic E-state index is 0.0758. The summed E-state index contributed by atoms with van der Waals surface area (Å²) in [7, 11) is 1.90. The van der Waals surface area contributed by atoms with E-state index < -0.39 is 5.54 Å². The van der Waals surface area contributed by atoms with E-state index in [9.17, 15) is 5.11 Å². The zero-order valence-corrected chi connectivity index (χ0v) is 12.8. The molecule has 20 heavy (non-hydrogen) atoms. The van der Waals surface area contributed by atoms with Crippen LogP contribution in [0.5, 0.6) is 0 Å². The molecule has 2 rings (SSSR count). The number of aryl methyl sites for hydroxylation is 1. The predicted octanol–water partition coefficient (Wildman–Crippen LogP) is 3.19. The van der Waals surface area contributed by atoms with Crippen LogP contribution < -0.4 is 5.32 Å². The number of hydrogen-bond acceptors (Lipinski definition) is 3. The van der Waals surface area contributed by atoms with Gasteiger partial charge in [-0.15, -0.1) is 11.8 Å². The van der Waals surface area contributed by atoms with Crippen molar-refractivity contribution in [2.75, 3.05) is 19.4 Å². The van der Waals surface area contributed by atoms with Crippen LogP contribution in [0.4, 0.5) is 0 Å². The van der Waals surface area contributed by atoms with Crippen LogP contribution in [0.1, 0.15) is 11.1 Å². The lowest BCUT2D eigenvalue weighted by Gasteiger charge is -2.32. The second-order valence-electron chi connectivity index (χ2n) is 4.91. The molecule has 0 aromatic heterocycles. The molecule has 3 heteroatoms. The van der Waals surface area contributed by atoms with Crippen LogP contribution in [0.2, 0.25) is 0 Å². The van der Waals surface area contributed by atoms with Gasteiger partial charge >= 0.3 is 0 Å². The fourth-order valence-electron chi connectivity index (χ4n) is 2.19. The lowest BCUT2D eigenvalue weighted by Crippen LogP contribution is -2.45. The summed E-state index contributed by atoms with van der Waals surface area (Å²) in [5.41, 5.74) is 1.98. The maximum Gasteiger partial charge on any atom is 0.0761 e. The van der Waals surface area contributed by atoms with E-state index in [0.29, 0.717) is 0 Å². The van der Waals surface area contributed by atoms with Crippen molar-refractivity contribution in [1.29, 1.82) is 0 Å². The van der Waals surface area contributed by atoms with Gasteiger partial charge in [0.2, 0.25) is 0 Å². The molecular formula is C17H21NOS. The monoisotopic (exact) mass is 287 g/mol. The molecule has 0 saturated heterocycles. The van der Waals surface area contributed by atoms with Crippen LogP contribution >= 0.6 is 11.8 Å². The third kappa shape index (κ3) is 3.23. The van der Waals surface area contributed by atoms with Crippen molar-refractivity contribution < 1.29 is 5.11 Å². The normalized spacial score (nSPS) is 13.9. The minimum Gasteiger partial charge on any atom is -0.394 e. The molecule has 0 aliphatic heterocycles. The van der Waals surface area contributed by atoms with E-state index in [2.05, 4.69) is 42.6 Å². The fraction of sp³-hybridized carbons (Fsp3) is 0.294. The standard InChI is InChI=1S/C17H21NOS/c1-14-8-6-7-11-16(14)20-13-17(12-19,18-2)15-9-4-3-5-10-15/h3-11,18-19H,12-13H2,1-2H3. The molecule has 0 radical (unpaired) electrons. The second-order valence-corrected chi connectivity index (χ2v) is 5.93. The molecule has 1 unspecified atom stereocenters. The van der Waals surface area contributed by atoms with Gasteiger partial charge in [0, 0.05) is 10.6 Å². The first-order valence-corrected chi connectivity index (χ1v) is 7.74. The van der Waals surface area contributed by atoms with Crippen LogP contribution in [0.25, 0.3) is 0 Å². The number of nitrogens with one attached hydrogen (secondary N) is 1. The maximum absolute atomic E-state index is 9.90. The molecule has 0 fully saturated rings. The first-order valence-electron chi connectivity index (χ1n) is 6.75. The summed E-state index contributed by atoms with van der Waals surface area (Å²) in [6.45, 7) is 2.19. The summed E-state index contributed by atoms with van der Waals surface area (Å²) < 4.78 is 0. The molecule has 0 heterocycles. The second kappa shape index (κ2) is 6.93. The fourth-order valence-corrected chi connectivity index (χ4v) is 3.47. The molecule has 2 aromatic carbocycles. The summed E-state index contributed by atoms with van der Waals surface area (Å²) >= 11 is 1.78. The summed E-state index contributed by atoms with van der Waals surface area (Å²) in [6.07, 6.45) is 0. The van der Waals surface area contributed by atoms with Gasteiger partial charge in [0.1, 0.15) is 0 Å². The SMILES string of the molecule is CNC(CO)(CSc1ccccc1C)c1ccccc1. The topological polar surface area (TPSA) is 32.3 Å². The highest BCUT2D eigenvalue weighted by atomic mass is 32.2. The largest absolute Gasteiger partial charge is 0.394 e. The Kier molecular flexibility index (Phi) is 5.24. The third-order valence-electron chi connectivity index (χ3n) is 3.64. The number of aliphatic hydroxyl groups is 1. The highest BCUT2D eigenvalue weighted by Gasteiger charge is 2.29. The van der Waals surface area contributed by atoms with E-state index in [1.165, 1.54) is 10.5 Å². The van der Waals surface area contributed by atoms with Gasteiger partial charge in [-0.1, -0.05) is 48.5 Å². The number of rotatable bonds is 6. The zero-order chi connectivity index (χ0) is 14.4. The van der Waals surface area contributed by atoms with E-state index in [4.69, 9.17) is 0 Å². The van der Waals surface area contributed by atoms with Crippen LogP contribution in [0.15, 0.2) is 59.5 Å². The van der Waals surface area contributed by atoms with Crippen LogP contribution in [0, 0.1) is 6.92 Å². The Morgan fingerprint density at radius 1 is 1.05 bits per heavy atom. The van der Waals surface area contributed by atoms with Gasteiger partial charge in [0.15, 0.2) is 0 Å². The Balaban J connectivity index is 2.20. The number of thioether (sulfide) groups is 1. The highest BCUT2D eigenvalue weighted by molar-refractivity contribution is 7.99. The van der Waals surface area contributed by atoms with Crippen molar-refractivity contribution in [3.63, 3.8) is 0 Å². The number of likely N-dealkylation sites (N-methyl/N-ethyl adjacent to an activating group) is 1. The van der Waals surface area contributed by atoms with Crippen LogP contribution in [0.3, 0.4) is 0 Å². The van der Waals surface area contributed by atoms with Gasteiger partial charge in [0.25, 0.3) is 0 Å². The van der Waals surface area contributed by atoms with Gasteiger partial charge in [-0.25, -0.2) is 0 Å². The van der Waals surface area contributed by atoms with E-state index in [0.717, 1.165) is 11.3 Å². The molecular weight excluding hydrogens is 266 g/mol. The van der Waals surface area contributed by atoms with Gasteiger partial charge in [-0.2, -0.15) is 0 Å². The Labute approximate surface area is 125 Å². The summed E-state index contributed by atoms with van der Waals surface area (Å²) in [4.78, 5) is 1.26. The minimum atomic E-state index is -0.409. The molecule has 1 atom stereocenters.